The molecule has 2 fully saturated rings. The number of benzene rings is 1. The summed E-state index contributed by atoms with van der Waals surface area (Å²) in [6, 6.07) is 7.96. The highest BCUT2D eigenvalue weighted by Gasteiger charge is 2.37. The summed E-state index contributed by atoms with van der Waals surface area (Å²) in [5.74, 6) is 1.98. The Kier molecular flexibility index (Phi) is 4.51. The lowest BCUT2D eigenvalue weighted by molar-refractivity contribution is 0.203. The summed E-state index contributed by atoms with van der Waals surface area (Å²) >= 11 is 0. The van der Waals surface area contributed by atoms with Crippen molar-refractivity contribution in [2.45, 2.75) is 58.3 Å². The Morgan fingerprint density at radius 1 is 1.33 bits per heavy atom. The monoisotopic (exact) mass is 288 g/mol. The molecule has 1 heterocycles. The lowest BCUT2D eigenvalue weighted by Crippen LogP contribution is -2.31. The second-order valence-corrected chi connectivity index (χ2v) is 6.94. The van der Waals surface area contributed by atoms with Crippen molar-refractivity contribution in [3.8, 4) is 5.75 Å². The third-order valence-electron chi connectivity index (χ3n) is 4.96. The van der Waals surface area contributed by atoms with Gasteiger partial charge in [0.25, 0.3) is 0 Å². The molecule has 2 bridgehead atoms. The van der Waals surface area contributed by atoms with Crippen LogP contribution in [0.5, 0.6) is 5.75 Å². The fourth-order valence-corrected chi connectivity index (χ4v) is 3.83. The molecule has 1 N–H and O–H groups in total. The number of hydrogen-bond acceptors (Lipinski definition) is 3. The second-order valence-electron chi connectivity index (χ2n) is 6.94. The lowest BCUT2D eigenvalue weighted by Gasteiger charge is -2.27. The molecule has 0 spiro atoms. The molecule has 21 heavy (non-hydrogen) atoms. The van der Waals surface area contributed by atoms with Crippen LogP contribution in [0.4, 0.5) is 0 Å². The molecule has 3 heteroatoms. The number of rotatable bonds is 6. The largest absolute Gasteiger partial charge is 0.496 e. The minimum absolute atomic E-state index is 0.518. The van der Waals surface area contributed by atoms with Crippen molar-refractivity contribution in [2.24, 2.45) is 5.92 Å². The van der Waals surface area contributed by atoms with Gasteiger partial charge >= 0.3 is 0 Å². The third kappa shape index (κ3) is 3.41. The summed E-state index contributed by atoms with van der Waals surface area (Å²) in [7, 11) is 1.78. The molecule has 0 amide bonds. The molecular formula is C18H28N2O. The van der Waals surface area contributed by atoms with Gasteiger partial charge in [-0.2, -0.15) is 0 Å². The van der Waals surface area contributed by atoms with Crippen molar-refractivity contribution >= 4 is 0 Å². The first kappa shape index (κ1) is 14.9. The highest BCUT2D eigenvalue weighted by molar-refractivity contribution is 5.37. The number of ether oxygens (including phenoxy) is 1. The molecule has 0 aromatic heterocycles. The van der Waals surface area contributed by atoms with E-state index in [1.807, 2.05) is 0 Å². The molecular weight excluding hydrogens is 260 g/mol. The maximum absolute atomic E-state index is 5.57. The van der Waals surface area contributed by atoms with Crippen molar-refractivity contribution in [2.75, 3.05) is 13.7 Å². The zero-order valence-corrected chi connectivity index (χ0v) is 13.6. The Morgan fingerprint density at radius 2 is 2.19 bits per heavy atom. The van der Waals surface area contributed by atoms with Gasteiger partial charge in [-0.3, -0.25) is 4.90 Å². The van der Waals surface area contributed by atoms with Gasteiger partial charge < -0.3 is 10.1 Å². The maximum atomic E-state index is 5.57. The van der Waals surface area contributed by atoms with E-state index in [0.717, 1.165) is 30.8 Å². The van der Waals surface area contributed by atoms with E-state index in [1.54, 1.807) is 7.11 Å². The molecule has 1 aliphatic heterocycles. The highest BCUT2D eigenvalue weighted by atomic mass is 16.5. The van der Waals surface area contributed by atoms with E-state index in [1.165, 1.54) is 36.9 Å². The maximum Gasteiger partial charge on any atom is 0.123 e. The second kappa shape index (κ2) is 6.37. The summed E-state index contributed by atoms with van der Waals surface area (Å²) in [6.45, 7) is 7.62. The first-order valence-corrected chi connectivity index (χ1v) is 8.29. The van der Waals surface area contributed by atoms with Crippen molar-refractivity contribution in [1.29, 1.82) is 0 Å². The quantitative estimate of drug-likeness (QED) is 0.870. The van der Waals surface area contributed by atoms with Gasteiger partial charge in [-0.15, -0.1) is 0 Å². The number of methoxy groups -OCH3 is 1. The molecule has 3 nitrogen and oxygen atoms in total. The minimum Gasteiger partial charge on any atom is -0.496 e. The normalized spacial score (nSPS) is 25.0. The van der Waals surface area contributed by atoms with Crippen LogP contribution in [0.1, 0.15) is 44.2 Å². The Morgan fingerprint density at radius 3 is 2.81 bits per heavy atom. The number of nitrogens with zero attached hydrogens (tertiary/aromatic N) is 1. The molecule has 1 aromatic carbocycles. The molecule has 116 valence electrons. The van der Waals surface area contributed by atoms with Crippen LogP contribution in [-0.4, -0.2) is 30.6 Å². The smallest absolute Gasteiger partial charge is 0.123 e. The van der Waals surface area contributed by atoms with E-state index in [4.69, 9.17) is 4.74 Å². The molecule has 1 saturated carbocycles. The summed E-state index contributed by atoms with van der Waals surface area (Å²) in [4.78, 5) is 2.66. The average Bonchev–Trinajstić information content (AvgIpc) is 3.08. The number of likely N-dealkylation sites (tertiary alicyclic amines) is 1. The van der Waals surface area contributed by atoms with Crippen molar-refractivity contribution < 1.29 is 4.74 Å². The molecule has 3 rings (SSSR count). The topological polar surface area (TPSA) is 24.5 Å². The predicted octanol–water partition coefficient (Wildman–Crippen LogP) is 3.18. The van der Waals surface area contributed by atoms with Crippen molar-refractivity contribution in [3.63, 3.8) is 0 Å². The van der Waals surface area contributed by atoms with Gasteiger partial charge in [-0.1, -0.05) is 19.9 Å². The van der Waals surface area contributed by atoms with Crippen LogP contribution in [0.25, 0.3) is 0 Å². The third-order valence-corrected chi connectivity index (χ3v) is 4.96. The van der Waals surface area contributed by atoms with Gasteiger partial charge in [-0.25, -0.2) is 0 Å². The first-order valence-electron chi connectivity index (χ1n) is 8.29. The fourth-order valence-electron chi connectivity index (χ4n) is 3.83. The zero-order valence-electron chi connectivity index (χ0n) is 13.6. The number of piperidine rings is 1. The van der Waals surface area contributed by atoms with Crippen molar-refractivity contribution in [1.82, 2.24) is 10.2 Å². The van der Waals surface area contributed by atoms with Gasteiger partial charge in [0.2, 0.25) is 0 Å². The van der Waals surface area contributed by atoms with Crippen LogP contribution in [0.2, 0.25) is 0 Å². The van der Waals surface area contributed by atoms with Crippen LogP contribution >= 0.6 is 0 Å². The Hall–Kier alpha value is -1.06. The van der Waals surface area contributed by atoms with Crippen LogP contribution in [0.3, 0.4) is 0 Å². The summed E-state index contributed by atoms with van der Waals surface area (Å²) in [5.41, 5.74) is 2.69. The van der Waals surface area contributed by atoms with Crippen molar-refractivity contribution in [3.05, 3.63) is 29.3 Å². The van der Waals surface area contributed by atoms with Crippen LogP contribution in [-0.2, 0) is 13.1 Å². The van der Waals surface area contributed by atoms with Gasteiger partial charge in [0.1, 0.15) is 5.75 Å². The summed E-state index contributed by atoms with van der Waals surface area (Å²) < 4.78 is 5.57. The summed E-state index contributed by atoms with van der Waals surface area (Å²) in [6.07, 6.45) is 4.25. The average molecular weight is 288 g/mol. The van der Waals surface area contributed by atoms with Crippen LogP contribution in [0.15, 0.2) is 18.2 Å². The zero-order chi connectivity index (χ0) is 14.8. The summed E-state index contributed by atoms with van der Waals surface area (Å²) in [5, 5.41) is 3.49. The Balaban J connectivity index is 1.71. The molecule has 1 aromatic rings. The van der Waals surface area contributed by atoms with E-state index in [0.29, 0.717) is 6.04 Å². The number of nitrogens with one attached hydrogen (secondary N) is 1. The minimum atomic E-state index is 0.518. The number of fused-ring (bicyclic) bond motifs is 2. The standard InChI is InChI=1S/C18H28N2O/c1-13(2)19-10-14-5-7-18(21-3)16(8-14)12-20-11-15-4-6-17(20)9-15/h5,7-8,13,15,17,19H,4,6,9-12H2,1-3H3. The fraction of sp³-hybridized carbons (Fsp3) is 0.667. The lowest BCUT2D eigenvalue weighted by atomic mass is 10.1. The van der Waals surface area contributed by atoms with E-state index < -0.39 is 0 Å². The Bertz CT molecular complexity index is 486. The Labute approximate surface area is 128 Å². The van der Waals surface area contributed by atoms with E-state index in [-0.39, 0.29) is 0 Å². The SMILES string of the molecule is COc1ccc(CNC(C)C)cc1CN1CC2CCC1C2. The van der Waals surface area contributed by atoms with Crippen LogP contribution in [0, 0.1) is 5.92 Å². The first-order chi connectivity index (χ1) is 10.2. The predicted molar refractivity (Wildman–Crippen MR) is 86.5 cm³/mol. The van der Waals surface area contributed by atoms with Gasteiger partial charge in [0.05, 0.1) is 7.11 Å². The van der Waals surface area contributed by atoms with Gasteiger partial charge in [-0.05, 0) is 42.9 Å². The molecule has 1 aliphatic carbocycles. The number of hydrogen-bond donors (Lipinski definition) is 1. The molecule has 0 radical (unpaired) electrons. The molecule has 2 atom stereocenters. The van der Waals surface area contributed by atoms with E-state index in [2.05, 4.69) is 42.3 Å². The molecule has 2 unspecified atom stereocenters. The molecule has 1 saturated heterocycles. The molecule has 2 aliphatic rings. The van der Waals surface area contributed by atoms with E-state index in [9.17, 15) is 0 Å². The van der Waals surface area contributed by atoms with E-state index >= 15 is 0 Å². The van der Waals surface area contributed by atoms with Crippen LogP contribution < -0.4 is 10.1 Å². The highest BCUT2D eigenvalue weighted by Crippen LogP contribution is 2.38. The van der Waals surface area contributed by atoms with Gasteiger partial charge in [0, 0.05) is 37.3 Å². The van der Waals surface area contributed by atoms with Gasteiger partial charge in [0.15, 0.2) is 0 Å².